The van der Waals surface area contributed by atoms with Crippen LogP contribution in [0.1, 0.15) is 51.0 Å². The standard InChI is InChI=1S/C23H28F2N2O6S/c1-6-32-22(29)19-13(2)20(23(30)33-10-9-31-5)34-21(19)26-18(28)12-27(4)14(3)16-11-15(24)7-8-17(16)25/h7-8,11,14H,6,9-10,12H2,1-5H3,(H,26,28). The summed E-state index contributed by atoms with van der Waals surface area (Å²) < 4.78 is 42.7. The first-order valence-electron chi connectivity index (χ1n) is 10.5. The molecule has 1 aromatic carbocycles. The smallest absolute Gasteiger partial charge is 0.348 e. The number of nitrogens with one attached hydrogen (secondary N) is 1. The number of carbonyl (C=O) groups excluding carboxylic acids is 3. The fraction of sp³-hybridized carbons (Fsp3) is 0.435. The van der Waals surface area contributed by atoms with E-state index < -0.39 is 35.5 Å². The van der Waals surface area contributed by atoms with Crippen LogP contribution in [0.25, 0.3) is 0 Å². The van der Waals surface area contributed by atoms with Gasteiger partial charge in [-0.2, -0.15) is 0 Å². The number of hydrogen-bond donors (Lipinski definition) is 1. The Morgan fingerprint density at radius 2 is 1.85 bits per heavy atom. The molecule has 1 aromatic heterocycles. The maximum atomic E-state index is 14.1. The molecule has 0 aliphatic carbocycles. The quantitative estimate of drug-likeness (QED) is 0.370. The molecule has 0 aliphatic rings. The van der Waals surface area contributed by atoms with Gasteiger partial charge in [0, 0.05) is 18.7 Å². The van der Waals surface area contributed by atoms with E-state index in [4.69, 9.17) is 14.2 Å². The second-order valence-corrected chi connectivity index (χ2v) is 8.44. The summed E-state index contributed by atoms with van der Waals surface area (Å²) in [5.74, 6) is -3.03. The van der Waals surface area contributed by atoms with Crippen LogP contribution < -0.4 is 5.32 Å². The first-order valence-corrected chi connectivity index (χ1v) is 11.3. The van der Waals surface area contributed by atoms with Crippen molar-refractivity contribution >= 4 is 34.2 Å². The highest BCUT2D eigenvalue weighted by molar-refractivity contribution is 7.18. The number of nitrogens with zero attached hydrogens (tertiary/aromatic N) is 1. The Kier molecular flexibility index (Phi) is 10.1. The van der Waals surface area contributed by atoms with Gasteiger partial charge in [-0.3, -0.25) is 9.69 Å². The maximum Gasteiger partial charge on any atom is 0.348 e. The summed E-state index contributed by atoms with van der Waals surface area (Å²) in [6.07, 6.45) is 0. The van der Waals surface area contributed by atoms with Crippen molar-refractivity contribution in [3.63, 3.8) is 0 Å². The zero-order valence-corrected chi connectivity index (χ0v) is 20.5. The molecule has 0 aliphatic heterocycles. The maximum absolute atomic E-state index is 14.1. The lowest BCUT2D eigenvalue weighted by Crippen LogP contribution is -2.32. The van der Waals surface area contributed by atoms with Gasteiger partial charge in [-0.1, -0.05) is 0 Å². The van der Waals surface area contributed by atoms with E-state index in [1.807, 2.05) is 0 Å². The molecular formula is C23H28F2N2O6S. The van der Waals surface area contributed by atoms with Gasteiger partial charge in [-0.25, -0.2) is 18.4 Å². The summed E-state index contributed by atoms with van der Waals surface area (Å²) in [6, 6.07) is 2.52. The molecule has 1 unspecified atom stereocenters. The van der Waals surface area contributed by atoms with Crippen molar-refractivity contribution in [2.45, 2.75) is 26.8 Å². The van der Waals surface area contributed by atoms with Crippen LogP contribution in [-0.2, 0) is 19.0 Å². The van der Waals surface area contributed by atoms with Crippen molar-refractivity contribution in [1.82, 2.24) is 4.90 Å². The number of amides is 1. The average Bonchev–Trinajstić information content (AvgIpc) is 3.10. The van der Waals surface area contributed by atoms with Crippen LogP contribution in [0.15, 0.2) is 18.2 Å². The van der Waals surface area contributed by atoms with E-state index in [1.165, 1.54) is 12.0 Å². The molecule has 34 heavy (non-hydrogen) atoms. The minimum Gasteiger partial charge on any atom is -0.462 e. The normalized spacial score (nSPS) is 11.9. The lowest BCUT2D eigenvalue weighted by molar-refractivity contribution is -0.117. The number of anilines is 1. The molecule has 0 saturated carbocycles. The highest BCUT2D eigenvalue weighted by Crippen LogP contribution is 2.34. The topological polar surface area (TPSA) is 94.2 Å². The van der Waals surface area contributed by atoms with Gasteiger partial charge in [0.1, 0.15) is 28.1 Å². The molecule has 11 heteroatoms. The van der Waals surface area contributed by atoms with Crippen molar-refractivity contribution in [3.05, 3.63) is 51.4 Å². The molecule has 2 rings (SSSR count). The van der Waals surface area contributed by atoms with Crippen LogP contribution in [0.5, 0.6) is 0 Å². The molecule has 0 saturated heterocycles. The van der Waals surface area contributed by atoms with Crippen LogP contribution in [-0.4, -0.2) is 63.3 Å². The molecule has 1 heterocycles. The SMILES string of the molecule is CCOC(=O)c1c(NC(=O)CN(C)C(C)c2cc(F)ccc2F)sc(C(=O)OCCOC)c1C. The van der Waals surface area contributed by atoms with Gasteiger partial charge in [0.2, 0.25) is 5.91 Å². The number of thiophene rings is 1. The lowest BCUT2D eigenvalue weighted by Gasteiger charge is -2.24. The zero-order chi connectivity index (χ0) is 25.4. The van der Waals surface area contributed by atoms with E-state index in [0.717, 1.165) is 29.5 Å². The van der Waals surface area contributed by atoms with E-state index in [1.54, 1.807) is 27.8 Å². The number of rotatable bonds is 11. The average molecular weight is 499 g/mol. The van der Waals surface area contributed by atoms with Gasteiger partial charge >= 0.3 is 11.9 Å². The lowest BCUT2D eigenvalue weighted by atomic mass is 10.1. The fourth-order valence-corrected chi connectivity index (χ4v) is 4.24. The molecule has 1 N–H and O–H groups in total. The van der Waals surface area contributed by atoms with Crippen LogP contribution in [0, 0.1) is 18.6 Å². The predicted octanol–water partition coefficient (Wildman–Crippen LogP) is 3.95. The second-order valence-electron chi connectivity index (χ2n) is 7.41. The Hall–Kier alpha value is -2.89. The van der Waals surface area contributed by atoms with Crippen molar-refractivity contribution in [2.24, 2.45) is 0 Å². The number of methoxy groups -OCH3 is 1. The highest BCUT2D eigenvalue weighted by atomic mass is 32.1. The minimum atomic E-state index is -0.689. The molecule has 0 fully saturated rings. The van der Waals surface area contributed by atoms with Crippen molar-refractivity contribution < 1.29 is 37.4 Å². The van der Waals surface area contributed by atoms with Gasteiger partial charge in [-0.05, 0) is 51.6 Å². The monoisotopic (exact) mass is 498 g/mol. The predicted molar refractivity (Wildman–Crippen MR) is 123 cm³/mol. The van der Waals surface area contributed by atoms with Crippen LogP contribution >= 0.6 is 11.3 Å². The van der Waals surface area contributed by atoms with Crippen molar-refractivity contribution in [2.75, 3.05) is 45.8 Å². The van der Waals surface area contributed by atoms with Gasteiger partial charge in [0.15, 0.2) is 0 Å². The van der Waals surface area contributed by atoms with Crippen LogP contribution in [0.2, 0.25) is 0 Å². The summed E-state index contributed by atoms with van der Waals surface area (Å²) in [5, 5.41) is 2.77. The van der Waals surface area contributed by atoms with Gasteiger partial charge < -0.3 is 19.5 Å². The van der Waals surface area contributed by atoms with E-state index in [0.29, 0.717) is 5.56 Å². The van der Waals surface area contributed by atoms with E-state index in [2.05, 4.69) is 5.32 Å². The first-order chi connectivity index (χ1) is 16.1. The molecule has 0 radical (unpaired) electrons. The Morgan fingerprint density at radius 3 is 2.50 bits per heavy atom. The molecule has 1 atom stereocenters. The number of esters is 2. The number of carbonyl (C=O) groups is 3. The highest BCUT2D eigenvalue weighted by Gasteiger charge is 2.28. The summed E-state index contributed by atoms with van der Waals surface area (Å²) in [4.78, 5) is 39.4. The Balaban J connectivity index is 2.22. The van der Waals surface area contributed by atoms with Crippen molar-refractivity contribution in [1.29, 1.82) is 0 Å². The number of hydrogen-bond acceptors (Lipinski definition) is 8. The van der Waals surface area contributed by atoms with E-state index in [-0.39, 0.29) is 47.4 Å². The van der Waals surface area contributed by atoms with Crippen LogP contribution in [0.4, 0.5) is 13.8 Å². The Labute approximate surface area is 200 Å². The number of likely N-dealkylation sites (N-methyl/N-ethyl adjacent to an activating group) is 1. The third-order valence-corrected chi connectivity index (χ3v) is 6.23. The first kappa shape index (κ1) is 27.4. The van der Waals surface area contributed by atoms with Crippen LogP contribution in [0.3, 0.4) is 0 Å². The number of ether oxygens (including phenoxy) is 3. The molecule has 186 valence electrons. The largest absolute Gasteiger partial charge is 0.462 e. The molecule has 8 nitrogen and oxygen atoms in total. The molecule has 0 spiro atoms. The second kappa shape index (κ2) is 12.5. The van der Waals surface area contributed by atoms with E-state index in [9.17, 15) is 23.2 Å². The van der Waals surface area contributed by atoms with Gasteiger partial charge in [0.05, 0.1) is 25.3 Å². The van der Waals surface area contributed by atoms with Gasteiger partial charge in [0.25, 0.3) is 0 Å². The summed E-state index contributed by atoms with van der Waals surface area (Å²) >= 11 is 0.895. The fourth-order valence-electron chi connectivity index (χ4n) is 3.13. The molecular weight excluding hydrogens is 470 g/mol. The number of benzene rings is 1. The van der Waals surface area contributed by atoms with Gasteiger partial charge in [-0.15, -0.1) is 11.3 Å². The van der Waals surface area contributed by atoms with E-state index >= 15 is 0 Å². The summed E-state index contributed by atoms with van der Waals surface area (Å²) in [6.45, 7) is 4.99. The Morgan fingerprint density at radius 1 is 1.15 bits per heavy atom. The third kappa shape index (κ3) is 6.81. The Bertz CT molecular complexity index is 1040. The summed E-state index contributed by atoms with van der Waals surface area (Å²) in [5.41, 5.74) is 0.492. The molecule has 1 amide bonds. The third-order valence-electron chi connectivity index (χ3n) is 5.05. The zero-order valence-electron chi connectivity index (χ0n) is 19.7. The molecule has 2 aromatic rings. The summed E-state index contributed by atoms with van der Waals surface area (Å²) in [7, 11) is 3.05. The number of halogens is 2. The van der Waals surface area contributed by atoms with Crippen molar-refractivity contribution in [3.8, 4) is 0 Å². The minimum absolute atomic E-state index is 0.0302. The molecule has 0 bridgehead atoms.